The van der Waals surface area contributed by atoms with Crippen molar-refractivity contribution < 1.29 is 0 Å². The van der Waals surface area contributed by atoms with Gasteiger partial charge in [-0.25, -0.2) is 19.9 Å². The van der Waals surface area contributed by atoms with E-state index in [0.717, 1.165) is 19.3 Å². The largest absolute Gasteiger partial charge is 0.327 e. The normalized spacial score (nSPS) is 10.5. The SMILES string of the molecule is CCCCC#Cc1nc2nc(-c3cnccn3)nc(Cl)c2[nH]1. The first kappa shape index (κ1) is 14.4. The molecule has 3 aromatic heterocycles. The highest BCUT2D eigenvalue weighted by molar-refractivity contribution is 6.33. The molecule has 3 rings (SSSR count). The Kier molecular flexibility index (Phi) is 4.26. The minimum absolute atomic E-state index is 0.291. The van der Waals surface area contributed by atoms with E-state index in [-0.39, 0.29) is 0 Å². The number of nitrogens with zero attached hydrogens (tertiary/aromatic N) is 5. The van der Waals surface area contributed by atoms with Crippen LogP contribution in [-0.2, 0) is 0 Å². The number of H-pyrrole nitrogens is 1. The summed E-state index contributed by atoms with van der Waals surface area (Å²) in [4.78, 5) is 24.1. The fourth-order valence-electron chi connectivity index (χ4n) is 1.86. The quantitative estimate of drug-likeness (QED) is 0.457. The van der Waals surface area contributed by atoms with Crippen LogP contribution in [0.2, 0.25) is 5.15 Å². The molecule has 3 aromatic rings. The van der Waals surface area contributed by atoms with Gasteiger partial charge in [0.05, 0.1) is 6.20 Å². The van der Waals surface area contributed by atoms with E-state index in [1.54, 1.807) is 18.6 Å². The van der Waals surface area contributed by atoms with E-state index in [2.05, 4.69) is 48.7 Å². The van der Waals surface area contributed by atoms with Crippen LogP contribution in [0.15, 0.2) is 18.6 Å². The van der Waals surface area contributed by atoms with E-state index >= 15 is 0 Å². The van der Waals surface area contributed by atoms with Crippen LogP contribution in [-0.4, -0.2) is 29.9 Å². The van der Waals surface area contributed by atoms with Gasteiger partial charge in [0.1, 0.15) is 11.2 Å². The Labute approximate surface area is 132 Å². The van der Waals surface area contributed by atoms with Crippen LogP contribution in [0.1, 0.15) is 32.0 Å². The monoisotopic (exact) mass is 312 g/mol. The molecule has 0 aliphatic carbocycles. The lowest BCUT2D eigenvalue weighted by Gasteiger charge is -1.98. The number of halogens is 1. The molecule has 0 aliphatic rings. The average Bonchev–Trinajstić information content (AvgIpc) is 2.96. The van der Waals surface area contributed by atoms with Gasteiger partial charge in [-0.3, -0.25) is 4.98 Å². The van der Waals surface area contributed by atoms with Gasteiger partial charge in [-0.2, -0.15) is 0 Å². The van der Waals surface area contributed by atoms with Crippen molar-refractivity contribution in [1.82, 2.24) is 29.9 Å². The maximum Gasteiger partial charge on any atom is 0.185 e. The molecule has 6 nitrogen and oxygen atoms in total. The zero-order chi connectivity index (χ0) is 15.4. The summed E-state index contributed by atoms with van der Waals surface area (Å²) < 4.78 is 0. The third-order valence-corrected chi connectivity index (χ3v) is 3.23. The lowest BCUT2D eigenvalue weighted by molar-refractivity contribution is 0.828. The van der Waals surface area contributed by atoms with Gasteiger partial charge in [-0.15, -0.1) is 0 Å². The second-order valence-corrected chi connectivity index (χ2v) is 4.98. The van der Waals surface area contributed by atoms with Gasteiger partial charge in [-0.1, -0.05) is 30.9 Å². The van der Waals surface area contributed by atoms with Gasteiger partial charge in [0.25, 0.3) is 0 Å². The van der Waals surface area contributed by atoms with Crippen LogP contribution >= 0.6 is 11.6 Å². The molecule has 0 saturated carbocycles. The second-order valence-electron chi connectivity index (χ2n) is 4.62. The highest BCUT2D eigenvalue weighted by Crippen LogP contribution is 2.21. The summed E-state index contributed by atoms with van der Waals surface area (Å²) in [7, 11) is 0. The molecule has 0 amide bonds. The van der Waals surface area contributed by atoms with Gasteiger partial charge >= 0.3 is 0 Å². The predicted octanol–water partition coefficient (Wildman–Crippen LogP) is 3.01. The van der Waals surface area contributed by atoms with Crippen molar-refractivity contribution in [3.05, 3.63) is 29.6 Å². The molecular weight excluding hydrogens is 300 g/mol. The molecule has 110 valence electrons. The summed E-state index contributed by atoms with van der Waals surface area (Å²) in [5, 5.41) is 0.291. The van der Waals surface area contributed by atoms with Crippen LogP contribution < -0.4 is 0 Å². The molecule has 0 fully saturated rings. The Morgan fingerprint density at radius 2 is 2.14 bits per heavy atom. The van der Waals surface area contributed by atoms with Crippen molar-refractivity contribution in [2.45, 2.75) is 26.2 Å². The smallest absolute Gasteiger partial charge is 0.185 e. The fraction of sp³-hybridized carbons (Fsp3) is 0.267. The summed E-state index contributed by atoms with van der Waals surface area (Å²) in [6.07, 6.45) is 7.78. The van der Waals surface area contributed by atoms with Crippen molar-refractivity contribution in [1.29, 1.82) is 0 Å². The maximum atomic E-state index is 6.19. The number of aromatic amines is 1. The molecule has 0 spiro atoms. The van der Waals surface area contributed by atoms with Crippen LogP contribution in [0.25, 0.3) is 22.7 Å². The third-order valence-electron chi connectivity index (χ3n) is 2.96. The minimum atomic E-state index is 0.291. The molecule has 7 heteroatoms. The van der Waals surface area contributed by atoms with Gasteiger partial charge in [0.15, 0.2) is 22.4 Å². The number of rotatable bonds is 3. The zero-order valence-electron chi connectivity index (χ0n) is 12.0. The summed E-state index contributed by atoms with van der Waals surface area (Å²) in [5.41, 5.74) is 1.60. The lowest BCUT2D eigenvalue weighted by atomic mass is 10.2. The van der Waals surface area contributed by atoms with Crippen molar-refractivity contribution in [3.8, 4) is 23.4 Å². The Hall–Kier alpha value is -2.52. The maximum absolute atomic E-state index is 6.19. The number of hydrogen-bond acceptors (Lipinski definition) is 5. The second kappa shape index (κ2) is 6.50. The Morgan fingerprint density at radius 3 is 2.91 bits per heavy atom. The van der Waals surface area contributed by atoms with Crippen LogP contribution in [0.4, 0.5) is 0 Å². The van der Waals surface area contributed by atoms with Crippen LogP contribution in [0.3, 0.4) is 0 Å². The topological polar surface area (TPSA) is 80.2 Å². The van der Waals surface area contributed by atoms with E-state index in [1.165, 1.54) is 0 Å². The molecule has 1 N–H and O–H groups in total. The molecule has 0 bridgehead atoms. The number of imidazole rings is 1. The van der Waals surface area contributed by atoms with Crippen molar-refractivity contribution in [2.24, 2.45) is 0 Å². The molecular formula is C15H13ClN6. The fourth-order valence-corrected chi connectivity index (χ4v) is 2.07. The Bertz CT molecular complexity index is 847. The lowest BCUT2D eigenvalue weighted by Crippen LogP contribution is -1.93. The number of nitrogens with one attached hydrogen (secondary N) is 1. The molecule has 0 aromatic carbocycles. The summed E-state index contributed by atoms with van der Waals surface area (Å²) in [6.45, 7) is 2.13. The highest BCUT2D eigenvalue weighted by Gasteiger charge is 2.12. The summed E-state index contributed by atoms with van der Waals surface area (Å²) in [6, 6.07) is 0. The number of unbranched alkanes of at least 4 members (excludes halogenated alkanes) is 2. The molecule has 0 atom stereocenters. The summed E-state index contributed by atoms with van der Waals surface area (Å²) >= 11 is 6.19. The van der Waals surface area contributed by atoms with Gasteiger partial charge in [-0.05, 0) is 12.3 Å². The van der Waals surface area contributed by atoms with E-state index < -0.39 is 0 Å². The van der Waals surface area contributed by atoms with Crippen LogP contribution in [0.5, 0.6) is 0 Å². The Morgan fingerprint density at radius 1 is 1.23 bits per heavy atom. The molecule has 0 saturated heterocycles. The van der Waals surface area contributed by atoms with E-state index in [4.69, 9.17) is 11.6 Å². The molecule has 3 heterocycles. The minimum Gasteiger partial charge on any atom is -0.327 e. The molecule has 0 radical (unpaired) electrons. The standard InChI is InChI=1S/C15H13ClN6/c1-2-3-4-5-6-11-19-12-13(16)21-14(22-15(12)20-11)10-9-17-7-8-18-10/h7-9H,2-4H2,1H3,(H,19,20,21,22). The van der Waals surface area contributed by atoms with E-state index in [1.807, 2.05) is 0 Å². The summed E-state index contributed by atoms with van der Waals surface area (Å²) in [5.74, 6) is 6.99. The first-order valence-corrected chi connectivity index (χ1v) is 7.34. The van der Waals surface area contributed by atoms with Crippen molar-refractivity contribution >= 4 is 22.8 Å². The van der Waals surface area contributed by atoms with E-state index in [0.29, 0.717) is 33.7 Å². The average molecular weight is 313 g/mol. The Balaban J connectivity index is 1.98. The van der Waals surface area contributed by atoms with Gasteiger partial charge < -0.3 is 4.98 Å². The first-order valence-electron chi connectivity index (χ1n) is 6.96. The van der Waals surface area contributed by atoms with Gasteiger partial charge in [0.2, 0.25) is 0 Å². The van der Waals surface area contributed by atoms with Crippen LogP contribution in [0, 0.1) is 11.8 Å². The molecule has 0 unspecified atom stereocenters. The molecule has 0 aliphatic heterocycles. The highest BCUT2D eigenvalue weighted by atomic mass is 35.5. The first-order chi connectivity index (χ1) is 10.8. The molecule has 22 heavy (non-hydrogen) atoms. The van der Waals surface area contributed by atoms with E-state index in [9.17, 15) is 0 Å². The number of fused-ring (bicyclic) bond motifs is 1. The van der Waals surface area contributed by atoms with Crippen molar-refractivity contribution in [3.63, 3.8) is 0 Å². The number of hydrogen-bond donors (Lipinski definition) is 1. The van der Waals surface area contributed by atoms with Crippen molar-refractivity contribution in [2.75, 3.05) is 0 Å². The number of aromatic nitrogens is 6. The van der Waals surface area contributed by atoms with Gasteiger partial charge in [0, 0.05) is 18.8 Å². The zero-order valence-corrected chi connectivity index (χ0v) is 12.7. The third kappa shape index (κ3) is 3.05. The predicted molar refractivity (Wildman–Crippen MR) is 84.1 cm³/mol.